The number of nitrogens with zero attached hydrogens (tertiary/aromatic N) is 5. The van der Waals surface area contributed by atoms with Gasteiger partial charge in [0.25, 0.3) is 0 Å². The van der Waals surface area contributed by atoms with Crippen LogP contribution in [0.4, 0.5) is 14.7 Å². The molecule has 1 aliphatic carbocycles. The fourth-order valence-corrected chi connectivity index (χ4v) is 4.88. The van der Waals surface area contributed by atoms with Crippen molar-refractivity contribution in [1.82, 2.24) is 24.5 Å². The third kappa shape index (κ3) is 3.29. The van der Waals surface area contributed by atoms with Crippen LogP contribution in [-0.2, 0) is 4.79 Å². The van der Waals surface area contributed by atoms with E-state index in [1.807, 2.05) is 11.8 Å². The Hall–Kier alpha value is -2.88. The van der Waals surface area contributed by atoms with Gasteiger partial charge in [0.2, 0.25) is 11.9 Å². The summed E-state index contributed by atoms with van der Waals surface area (Å²) in [4.78, 5) is 23.4. The van der Waals surface area contributed by atoms with Crippen LogP contribution < -0.4 is 5.73 Å². The molecule has 3 N–H and O–H groups in total. The number of piperidine rings is 1. The first-order chi connectivity index (χ1) is 14.6. The van der Waals surface area contributed by atoms with Gasteiger partial charge < -0.3 is 15.7 Å². The molecular formula is C21H24F2N6O2. The van der Waals surface area contributed by atoms with Crippen molar-refractivity contribution in [3.8, 4) is 0 Å². The van der Waals surface area contributed by atoms with E-state index in [4.69, 9.17) is 5.73 Å². The van der Waals surface area contributed by atoms with Crippen molar-refractivity contribution in [3.63, 3.8) is 0 Å². The number of carbonyl (C=O) groups excluding carboxylic acids is 1. The summed E-state index contributed by atoms with van der Waals surface area (Å²) in [7, 11) is 0. The molecule has 10 heteroatoms. The number of rotatable bonds is 2. The molecule has 1 saturated heterocycles. The molecule has 8 nitrogen and oxygen atoms in total. The summed E-state index contributed by atoms with van der Waals surface area (Å²) in [6, 6.07) is 2.01. The maximum Gasteiger partial charge on any atom is 0.226 e. The van der Waals surface area contributed by atoms with Crippen molar-refractivity contribution in [2.75, 3.05) is 12.3 Å². The predicted molar refractivity (Wildman–Crippen MR) is 109 cm³/mol. The molecule has 0 radical (unpaired) electrons. The SMILES string of the molecule is C[C@H]1CC[C@@H](c2nc3c4cc(F)cc(F)c4nc(N)n3n2)CN1C(=O)C1CC(C)(O)C1. The van der Waals surface area contributed by atoms with Crippen LogP contribution >= 0.6 is 0 Å². The van der Waals surface area contributed by atoms with Crippen LogP contribution in [0.2, 0.25) is 0 Å². The first-order valence-corrected chi connectivity index (χ1v) is 10.5. The number of fused-ring (bicyclic) bond motifs is 3. The summed E-state index contributed by atoms with van der Waals surface area (Å²) in [5.41, 5.74) is 5.37. The van der Waals surface area contributed by atoms with E-state index in [9.17, 15) is 18.7 Å². The van der Waals surface area contributed by atoms with Gasteiger partial charge in [0.15, 0.2) is 17.3 Å². The second-order valence-electron chi connectivity index (χ2n) is 9.18. The number of nitrogen functional groups attached to an aromatic ring is 1. The molecular weight excluding hydrogens is 406 g/mol. The number of hydrogen-bond donors (Lipinski definition) is 2. The van der Waals surface area contributed by atoms with Gasteiger partial charge in [-0.3, -0.25) is 4.79 Å². The summed E-state index contributed by atoms with van der Waals surface area (Å²) in [5.74, 6) is -1.37. The van der Waals surface area contributed by atoms with Crippen LogP contribution in [0.5, 0.6) is 0 Å². The zero-order chi connectivity index (χ0) is 22.1. The molecule has 2 atom stereocenters. The van der Waals surface area contributed by atoms with Gasteiger partial charge in [-0.05, 0) is 45.6 Å². The molecule has 164 valence electrons. The highest BCUT2D eigenvalue weighted by Gasteiger charge is 2.45. The van der Waals surface area contributed by atoms with Gasteiger partial charge in [0.05, 0.1) is 11.0 Å². The maximum absolute atomic E-state index is 14.2. The van der Waals surface area contributed by atoms with Gasteiger partial charge in [0.1, 0.15) is 11.3 Å². The van der Waals surface area contributed by atoms with E-state index in [2.05, 4.69) is 15.1 Å². The average Bonchev–Trinajstić information content (AvgIpc) is 3.13. The van der Waals surface area contributed by atoms with Crippen molar-refractivity contribution in [3.05, 3.63) is 29.6 Å². The van der Waals surface area contributed by atoms with Crippen LogP contribution in [0.15, 0.2) is 12.1 Å². The van der Waals surface area contributed by atoms with E-state index in [1.165, 1.54) is 10.6 Å². The second kappa shape index (κ2) is 6.81. The molecule has 2 fully saturated rings. The van der Waals surface area contributed by atoms with E-state index in [0.29, 0.717) is 25.2 Å². The highest BCUT2D eigenvalue weighted by atomic mass is 19.1. The number of halogens is 2. The van der Waals surface area contributed by atoms with E-state index in [0.717, 1.165) is 18.9 Å². The minimum Gasteiger partial charge on any atom is -0.390 e. The number of aromatic nitrogens is 4. The van der Waals surface area contributed by atoms with Gasteiger partial charge in [-0.15, -0.1) is 5.10 Å². The third-order valence-electron chi connectivity index (χ3n) is 6.59. The Kier molecular flexibility index (Phi) is 4.40. The van der Waals surface area contributed by atoms with Gasteiger partial charge in [-0.25, -0.2) is 18.7 Å². The van der Waals surface area contributed by atoms with Crippen molar-refractivity contribution in [2.45, 2.75) is 57.1 Å². The predicted octanol–water partition coefficient (Wildman–Crippen LogP) is 2.39. The molecule has 0 unspecified atom stereocenters. The average molecular weight is 430 g/mol. The summed E-state index contributed by atoms with van der Waals surface area (Å²) in [6.07, 6.45) is 2.50. The van der Waals surface area contributed by atoms with Gasteiger partial charge >= 0.3 is 0 Å². The molecule has 1 aromatic carbocycles. The van der Waals surface area contributed by atoms with Gasteiger partial charge in [-0.1, -0.05) is 0 Å². The van der Waals surface area contributed by atoms with E-state index in [1.54, 1.807) is 6.92 Å². The molecule has 1 saturated carbocycles. The molecule has 31 heavy (non-hydrogen) atoms. The van der Waals surface area contributed by atoms with E-state index in [-0.39, 0.29) is 46.3 Å². The lowest BCUT2D eigenvalue weighted by Gasteiger charge is -2.45. The minimum atomic E-state index is -0.812. The Morgan fingerprint density at radius 2 is 2.00 bits per heavy atom. The Balaban J connectivity index is 1.48. The minimum absolute atomic E-state index is 0.0411. The number of nitrogens with two attached hydrogens (primary N) is 1. The topological polar surface area (TPSA) is 110 Å². The normalized spacial score (nSPS) is 28.8. The molecule has 1 amide bonds. The smallest absolute Gasteiger partial charge is 0.226 e. The van der Waals surface area contributed by atoms with Crippen LogP contribution in [0.25, 0.3) is 16.6 Å². The number of likely N-dealkylation sites (tertiary alicyclic amines) is 1. The number of anilines is 1. The Morgan fingerprint density at radius 1 is 1.26 bits per heavy atom. The standard InChI is InChI=1S/C21H24F2N6O2/c1-10-3-4-11(9-28(10)19(30)12-7-21(2,31)8-12)17-26-18-14-5-13(22)6-15(23)16(14)25-20(24)29(18)27-17/h5-6,10-12,31H,3-4,7-9H2,1-2H3,(H2,24,25)/t10-,11+,12?,21?/m0/s1. The largest absolute Gasteiger partial charge is 0.390 e. The number of aliphatic hydroxyl groups is 1. The highest BCUT2D eigenvalue weighted by Crippen LogP contribution is 2.40. The third-order valence-corrected chi connectivity index (χ3v) is 6.59. The molecule has 1 aliphatic heterocycles. The first-order valence-electron chi connectivity index (χ1n) is 10.5. The Bertz CT molecular complexity index is 1200. The molecule has 0 spiro atoms. The summed E-state index contributed by atoms with van der Waals surface area (Å²) >= 11 is 0. The molecule has 2 aromatic heterocycles. The molecule has 5 rings (SSSR count). The summed E-state index contributed by atoms with van der Waals surface area (Å²) in [5, 5.41) is 14.6. The van der Waals surface area contributed by atoms with Crippen molar-refractivity contribution in [1.29, 1.82) is 0 Å². The molecule has 3 aromatic rings. The van der Waals surface area contributed by atoms with Crippen LogP contribution in [0.1, 0.15) is 51.3 Å². The lowest BCUT2D eigenvalue weighted by molar-refractivity contribution is -0.153. The lowest BCUT2D eigenvalue weighted by atomic mass is 9.71. The van der Waals surface area contributed by atoms with E-state index < -0.39 is 17.2 Å². The van der Waals surface area contributed by atoms with Crippen LogP contribution in [-0.4, -0.2) is 53.7 Å². The summed E-state index contributed by atoms with van der Waals surface area (Å²) < 4.78 is 29.3. The Labute approximate surface area is 177 Å². The monoisotopic (exact) mass is 430 g/mol. The van der Waals surface area contributed by atoms with Crippen LogP contribution in [0.3, 0.4) is 0 Å². The first kappa shape index (κ1) is 20.0. The van der Waals surface area contributed by atoms with Crippen molar-refractivity contribution < 1.29 is 18.7 Å². The second-order valence-corrected chi connectivity index (χ2v) is 9.18. The van der Waals surface area contributed by atoms with Crippen molar-refractivity contribution >= 4 is 28.4 Å². The lowest BCUT2D eigenvalue weighted by Crippen LogP contribution is -2.53. The number of carbonyl (C=O) groups is 1. The maximum atomic E-state index is 14.2. The number of hydrogen-bond acceptors (Lipinski definition) is 6. The number of benzene rings is 1. The van der Waals surface area contributed by atoms with Crippen LogP contribution in [0, 0.1) is 17.6 Å². The fraction of sp³-hybridized carbons (Fsp3) is 0.524. The quantitative estimate of drug-likeness (QED) is 0.646. The summed E-state index contributed by atoms with van der Waals surface area (Å²) in [6.45, 7) is 4.21. The molecule has 2 aliphatic rings. The molecule has 3 heterocycles. The van der Waals surface area contributed by atoms with Gasteiger partial charge in [-0.2, -0.15) is 4.52 Å². The number of amides is 1. The van der Waals surface area contributed by atoms with Gasteiger partial charge in [0, 0.05) is 30.5 Å². The van der Waals surface area contributed by atoms with E-state index >= 15 is 0 Å². The fourth-order valence-electron chi connectivity index (χ4n) is 4.88. The molecule has 0 bridgehead atoms. The Morgan fingerprint density at radius 3 is 2.71 bits per heavy atom. The highest BCUT2D eigenvalue weighted by molar-refractivity contribution is 5.92. The zero-order valence-electron chi connectivity index (χ0n) is 17.3. The zero-order valence-corrected chi connectivity index (χ0v) is 17.3. The van der Waals surface area contributed by atoms with Crippen molar-refractivity contribution in [2.24, 2.45) is 5.92 Å².